The van der Waals surface area contributed by atoms with E-state index in [2.05, 4.69) is 4.98 Å². The molecule has 2 aromatic rings. The summed E-state index contributed by atoms with van der Waals surface area (Å²) < 4.78 is 10.5. The molecule has 0 unspecified atom stereocenters. The number of nitrogens with zero attached hydrogens (tertiary/aromatic N) is 2. The topological polar surface area (TPSA) is 51.7 Å². The molecule has 0 saturated heterocycles. The summed E-state index contributed by atoms with van der Waals surface area (Å²) in [5.74, 6) is 1.32. The quantitative estimate of drug-likeness (QED) is 0.821. The Bertz CT molecular complexity index is 629. The van der Waals surface area contributed by atoms with Gasteiger partial charge in [-0.3, -0.25) is 9.78 Å². The molecule has 0 fully saturated rings. The second-order valence-electron chi connectivity index (χ2n) is 4.98. The van der Waals surface area contributed by atoms with Crippen molar-refractivity contribution in [2.75, 3.05) is 21.3 Å². The highest BCUT2D eigenvalue weighted by atomic mass is 16.5. The molecule has 1 heterocycles. The Balaban J connectivity index is 2.02. The van der Waals surface area contributed by atoms with Gasteiger partial charge in [0, 0.05) is 26.0 Å². The Morgan fingerprint density at radius 3 is 2.55 bits per heavy atom. The Labute approximate surface area is 130 Å². The van der Waals surface area contributed by atoms with Crippen LogP contribution in [0.15, 0.2) is 42.7 Å². The summed E-state index contributed by atoms with van der Waals surface area (Å²) >= 11 is 0. The van der Waals surface area contributed by atoms with Crippen LogP contribution in [0.3, 0.4) is 0 Å². The zero-order valence-electron chi connectivity index (χ0n) is 13.1. The molecule has 1 amide bonds. The first-order valence-electron chi connectivity index (χ1n) is 6.98. The van der Waals surface area contributed by atoms with Crippen molar-refractivity contribution in [1.29, 1.82) is 0 Å². The summed E-state index contributed by atoms with van der Waals surface area (Å²) in [7, 11) is 4.96. The normalized spacial score (nSPS) is 10.1. The maximum Gasteiger partial charge on any atom is 0.227 e. The number of likely N-dealkylation sites (N-methyl/N-ethyl adjacent to an activating group) is 1. The minimum Gasteiger partial charge on any atom is -0.493 e. The number of aromatic nitrogens is 1. The first-order chi connectivity index (χ1) is 10.6. The van der Waals surface area contributed by atoms with Crippen LogP contribution < -0.4 is 9.47 Å². The molecule has 0 saturated carbocycles. The number of pyridine rings is 1. The molecule has 0 N–H and O–H groups in total. The third kappa shape index (κ3) is 3.97. The summed E-state index contributed by atoms with van der Waals surface area (Å²) in [4.78, 5) is 18.0. The molecule has 0 radical (unpaired) electrons. The molecule has 1 aromatic carbocycles. The van der Waals surface area contributed by atoms with E-state index in [4.69, 9.17) is 9.47 Å². The second-order valence-corrected chi connectivity index (χ2v) is 4.98. The maximum atomic E-state index is 12.3. The van der Waals surface area contributed by atoms with Crippen LogP contribution in [0, 0.1) is 0 Å². The zero-order valence-corrected chi connectivity index (χ0v) is 13.1. The van der Waals surface area contributed by atoms with E-state index in [0.717, 1.165) is 11.1 Å². The molecule has 0 spiro atoms. The summed E-state index contributed by atoms with van der Waals surface area (Å²) in [6.45, 7) is 0.542. The largest absolute Gasteiger partial charge is 0.493 e. The molecule has 5 heteroatoms. The molecule has 116 valence electrons. The lowest BCUT2D eigenvalue weighted by Crippen LogP contribution is -2.27. The number of methoxy groups -OCH3 is 2. The van der Waals surface area contributed by atoms with Gasteiger partial charge in [-0.2, -0.15) is 0 Å². The molecule has 0 atom stereocenters. The van der Waals surface area contributed by atoms with Crippen LogP contribution in [0.4, 0.5) is 0 Å². The number of benzene rings is 1. The molecular weight excluding hydrogens is 280 g/mol. The van der Waals surface area contributed by atoms with Crippen molar-refractivity contribution in [1.82, 2.24) is 9.88 Å². The van der Waals surface area contributed by atoms with Gasteiger partial charge in [0.05, 0.1) is 20.6 Å². The maximum absolute atomic E-state index is 12.3. The molecule has 22 heavy (non-hydrogen) atoms. The van der Waals surface area contributed by atoms with Gasteiger partial charge in [0.1, 0.15) is 0 Å². The predicted octanol–water partition coefficient (Wildman–Crippen LogP) is 2.30. The fourth-order valence-electron chi connectivity index (χ4n) is 2.15. The molecular formula is C17H20N2O3. The first-order valence-corrected chi connectivity index (χ1v) is 6.98. The lowest BCUT2D eigenvalue weighted by molar-refractivity contribution is -0.129. The Kier molecular flexibility index (Phi) is 5.36. The van der Waals surface area contributed by atoms with E-state index in [0.29, 0.717) is 24.5 Å². The fraction of sp³-hybridized carbons (Fsp3) is 0.294. The number of hydrogen-bond donors (Lipinski definition) is 0. The predicted molar refractivity (Wildman–Crippen MR) is 84.0 cm³/mol. The standard InChI is InChI=1S/C17H20N2O3/c1-19(12-14-5-4-8-18-11-14)17(20)10-13-6-7-15(21-2)16(9-13)22-3/h4-9,11H,10,12H2,1-3H3. The highest BCUT2D eigenvalue weighted by Crippen LogP contribution is 2.27. The van der Waals surface area contributed by atoms with Crippen LogP contribution in [0.5, 0.6) is 11.5 Å². The van der Waals surface area contributed by atoms with Gasteiger partial charge < -0.3 is 14.4 Å². The highest BCUT2D eigenvalue weighted by molar-refractivity contribution is 5.78. The van der Waals surface area contributed by atoms with Gasteiger partial charge >= 0.3 is 0 Å². The summed E-state index contributed by atoms with van der Waals surface area (Å²) in [6, 6.07) is 9.32. The van der Waals surface area contributed by atoms with Gasteiger partial charge in [-0.25, -0.2) is 0 Å². The van der Waals surface area contributed by atoms with Gasteiger partial charge in [-0.15, -0.1) is 0 Å². The number of hydrogen-bond acceptors (Lipinski definition) is 4. The highest BCUT2D eigenvalue weighted by Gasteiger charge is 2.12. The summed E-state index contributed by atoms with van der Waals surface area (Å²) in [6.07, 6.45) is 3.80. The summed E-state index contributed by atoms with van der Waals surface area (Å²) in [5.41, 5.74) is 1.89. The number of carbonyl (C=O) groups is 1. The van der Waals surface area contributed by atoms with E-state index in [1.807, 2.05) is 30.3 Å². The van der Waals surface area contributed by atoms with Crippen LogP contribution >= 0.6 is 0 Å². The van der Waals surface area contributed by atoms with Crippen LogP contribution in [-0.2, 0) is 17.8 Å². The van der Waals surface area contributed by atoms with E-state index >= 15 is 0 Å². The van der Waals surface area contributed by atoms with E-state index in [1.165, 1.54) is 0 Å². The number of rotatable bonds is 6. The lowest BCUT2D eigenvalue weighted by Gasteiger charge is -2.17. The third-order valence-electron chi connectivity index (χ3n) is 3.37. The van der Waals surface area contributed by atoms with E-state index in [9.17, 15) is 4.79 Å². The van der Waals surface area contributed by atoms with Gasteiger partial charge in [-0.1, -0.05) is 12.1 Å². The molecule has 1 aromatic heterocycles. The Hall–Kier alpha value is -2.56. The van der Waals surface area contributed by atoms with Gasteiger partial charge in [0.2, 0.25) is 5.91 Å². The summed E-state index contributed by atoms with van der Waals surface area (Å²) in [5, 5.41) is 0. The van der Waals surface area contributed by atoms with Gasteiger partial charge in [-0.05, 0) is 29.3 Å². The average Bonchev–Trinajstić information content (AvgIpc) is 2.55. The van der Waals surface area contributed by atoms with E-state index < -0.39 is 0 Å². The number of ether oxygens (including phenoxy) is 2. The van der Waals surface area contributed by atoms with Crippen LogP contribution in [0.25, 0.3) is 0 Å². The van der Waals surface area contributed by atoms with Crippen LogP contribution in [0.1, 0.15) is 11.1 Å². The molecule has 0 aliphatic rings. The van der Waals surface area contributed by atoms with Crippen molar-refractivity contribution in [3.05, 3.63) is 53.9 Å². The first kappa shape index (κ1) is 15.8. The molecule has 2 rings (SSSR count). The van der Waals surface area contributed by atoms with E-state index in [1.54, 1.807) is 38.6 Å². The van der Waals surface area contributed by atoms with Crippen LogP contribution in [0.2, 0.25) is 0 Å². The smallest absolute Gasteiger partial charge is 0.227 e. The van der Waals surface area contributed by atoms with Crippen molar-refractivity contribution in [3.8, 4) is 11.5 Å². The van der Waals surface area contributed by atoms with Gasteiger partial charge in [0.25, 0.3) is 0 Å². The third-order valence-corrected chi connectivity index (χ3v) is 3.37. The second kappa shape index (κ2) is 7.45. The molecule has 0 aliphatic heterocycles. The van der Waals surface area contributed by atoms with Crippen molar-refractivity contribution >= 4 is 5.91 Å². The van der Waals surface area contributed by atoms with Crippen molar-refractivity contribution in [2.45, 2.75) is 13.0 Å². The van der Waals surface area contributed by atoms with Crippen LogP contribution in [-0.4, -0.2) is 37.1 Å². The van der Waals surface area contributed by atoms with E-state index in [-0.39, 0.29) is 5.91 Å². The van der Waals surface area contributed by atoms with Gasteiger partial charge in [0.15, 0.2) is 11.5 Å². The Morgan fingerprint density at radius 2 is 1.91 bits per heavy atom. The fourth-order valence-corrected chi connectivity index (χ4v) is 2.15. The Morgan fingerprint density at radius 1 is 1.14 bits per heavy atom. The number of amides is 1. The SMILES string of the molecule is COc1ccc(CC(=O)N(C)Cc2cccnc2)cc1OC. The molecule has 0 bridgehead atoms. The minimum absolute atomic E-state index is 0.0380. The zero-order chi connectivity index (χ0) is 15.9. The monoisotopic (exact) mass is 300 g/mol. The minimum atomic E-state index is 0.0380. The van der Waals surface area contributed by atoms with Crippen molar-refractivity contribution < 1.29 is 14.3 Å². The average molecular weight is 300 g/mol. The number of carbonyl (C=O) groups excluding carboxylic acids is 1. The molecule has 5 nitrogen and oxygen atoms in total. The molecule has 0 aliphatic carbocycles. The van der Waals surface area contributed by atoms with Crippen molar-refractivity contribution in [2.24, 2.45) is 0 Å². The van der Waals surface area contributed by atoms with Crippen molar-refractivity contribution in [3.63, 3.8) is 0 Å². The lowest BCUT2D eigenvalue weighted by atomic mass is 10.1.